The number of nitrogens with one attached hydrogen (secondary N) is 1. The van der Waals surface area contributed by atoms with Crippen molar-refractivity contribution in [1.29, 1.82) is 0 Å². The van der Waals surface area contributed by atoms with Crippen molar-refractivity contribution in [3.05, 3.63) is 29.3 Å². The van der Waals surface area contributed by atoms with Gasteiger partial charge in [-0.3, -0.25) is 0 Å². The van der Waals surface area contributed by atoms with Crippen LogP contribution in [0.4, 0.5) is 5.69 Å². The molecule has 0 bridgehead atoms. The molecule has 1 nitrogen and oxygen atoms in total. The smallest absolute Gasteiger partial charge is 0.0372 e. The van der Waals surface area contributed by atoms with Gasteiger partial charge in [-0.25, -0.2) is 0 Å². The Hall–Kier alpha value is -0.980. The fourth-order valence-electron chi connectivity index (χ4n) is 3.94. The summed E-state index contributed by atoms with van der Waals surface area (Å²) in [6, 6.07) is 7.51. The highest BCUT2D eigenvalue weighted by molar-refractivity contribution is 5.53. The summed E-state index contributed by atoms with van der Waals surface area (Å²) in [6.07, 6.45) is 10.1. The molecule has 2 fully saturated rings. The lowest BCUT2D eigenvalue weighted by atomic mass is 9.57. The molecule has 1 heteroatoms. The number of hydrogen-bond acceptors (Lipinski definition) is 1. The third-order valence-corrected chi connectivity index (χ3v) is 5.23. The van der Waals surface area contributed by atoms with Crippen LogP contribution < -0.4 is 5.32 Å². The molecule has 1 aromatic rings. The van der Waals surface area contributed by atoms with E-state index in [1.54, 1.807) is 0 Å². The van der Waals surface area contributed by atoms with Crippen LogP contribution in [0.15, 0.2) is 18.2 Å². The van der Waals surface area contributed by atoms with E-state index in [9.17, 15) is 0 Å². The summed E-state index contributed by atoms with van der Waals surface area (Å²) in [5.74, 6) is 0. The van der Waals surface area contributed by atoms with Gasteiger partial charge in [0, 0.05) is 11.7 Å². The third-order valence-electron chi connectivity index (χ3n) is 5.23. The monoisotopic (exact) mass is 243 g/mol. The summed E-state index contributed by atoms with van der Waals surface area (Å²) >= 11 is 0. The Bertz CT molecular complexity index is 429. The van der Waals surface area contributed by atoms with Gasteiger partial charge in [0.15, 0.2) is 0 Å². The second-order valence-electron chi connectivity index (χ2n) is 6.48. The lowest BCUT2D eigenvalue weighted by Crippen LogP contribution is -2.50. The molecule has 0 radical (unpaired) electrons. The molecule has 18 heavy (non-hydrogen) atoms. The molecular weight excluding hydrogens is 218 g/mol. The molecule has 2 aliphatic rings. The Morgan fingerprint density at radius 1 is 1.06 bits per heavy atom. The zero-order chi connectivity index (χ0) is 12.6. The molecule has 2 saturated carbocycles. The average Bonchev–Trinajstić information content (AvgIpc) is 2.37. The predicted octanol–water partition coefficient (Wildman–Crippen LogP) is 4.83. The number of hydrogen-bond donors (Lipinski definition) is 1. The minimum Gasteiger partial charge on any atom is -0.382 e. The van der Waals surface area contributed by atoms with Crippen molar-refractivity contribution in [3.8, 4) is 0 Å². The molecule has 0 aliphatic heterocycles. The van der Waals surface area contributed by atoms with Gasteiger partial charge >= 0.3 is 0 Å². The molecule has 0 heterocycles. The first-order chi connectivity index (χ1) is 8.70. The lowest BCUT2D eigenvalue weighted by molar-refractivity contribution is 0.0571. The first-order valence-electron chi connectivity index (χ1n) is 7.53. The average molecular weight is 243 g/mol. The number of rotatable bonds is 2. The van der Waals surface area contributed by atoms with E-state index >= 15 is 0 Å². The molecule has 2 aliphatic carbocycles. The predicted molar refractivity (Wildman–Crippen MR) is 78.1 cm³/mol. The van der Waals surface area contributed by atoms with Crippen LogP contribution in [0, 0.1) is 19.3 Å². The zero-order valence-electron chi connectivity index (χ0n) is 11.8. The highest BCUT2D eigenvalue weighted by atomic mass is 15.0. The SMILES string of the molecule is Cc1ccc(NC2CCC23CCCCC3)c(C)c1. The maximum absolute atomic E-state index is 3.83. The van der Waals surface area contributed by atoms with E-state index in [0.717, 1.165) is 6.04 Å². The van der Waals surface area contributed by atoms with Crippen molar-refractivity contribution in [2.75, 3.05) is 5.32 Å². The quantitative estimate of drug-likeness (QED) is 0.784. The van der Waals surface area contributed by atoms with Crippen LogP contribution >= 0.6 is 0 Å². The van der Waals surface area contributed by atoms with Crippen molar-refractivity contribution in [1.82, 2.24) is 0 Å². The Morgan fingerprint density at radius 2 is 1.83 bits per heavy atom. The van der Waals surface area contributed by atoms with E-state index in [1.165, 1.54) is 61.8 Å². The normalized spacial score (nSPS) is 25.8. The van der Waals surface area contributed by atoms with Gasteiger partial charge in [0.05, 0.1) is 0 Å². The molecule has 3 rings (SSSR count). The van der Waals surface area contributed by atoms with Gasteiger partial charge in [0.25, 0.3) is 0 Å². The highest BCUT2D eigenvalue weighted by Crippen LogP contribution is 2.52. The minimum absolute atomic E-state index is 0.648. The topological polar surface area (TPSA) is 12.0 Å². The van der Waals surface area contributed by atoms with Gasteiger partial charge in [0.1, 0.15) is 0 Å². The fourth-order valence-corrected chi connectivity index (χ4v) is 3.94. The summed E-state index contributed by atoms with van der Waals surface area (Å²) < 4.78 is 0. The summed E-state index contributed by atoms with van der Waals surface area (Å²) in [4.78, 5) is 0. The van der Waals surface area contributed by atoms with Crippen LogP contribution in [-0.2, 0) is 0 Å². The molecule has 98 valence electrons. The van der Waals surface area contributed by atoms with Crippen LogP contribution in [0.25, 0.3) is 0 Å². The van der Waals surface area contributed by atoms with Crippen molar-refractivity contribution in [2.24, 2.45) is 5.41 Å². The second-order valence-corrected chi connectivity index (χ2v) is 6.48. The molecule has 0 saturated heterocycles. The second kappa shape index (κ2) is 4.60. The standard InChI is InChI=1S/C17H25N/c1-13-6-7-15(14(2)12-13)18-16-8-11-17(16)9-4-3-5-10-17/h6-7,12,16,18H,3-5,8-11H2,1-2H3. The van der Waals surface area contributed by atoms with Crippen molar-refractivity contribution in [2.45, 2.75) is 64.8 Å². The Balaban J connectivity index is 1.72. The van der Waals surface area contributed by atoms with Crippen LogP contribution in [-0.4, -0.2) is 6.04 Å². The highest BCUT2D eigenvalue weighted by Gasteiger charge is 2.46. The maximum atomic E-state index is 3.83. The fraction of sp³-hybridized carbons (Fsp3) is 0.647. The van der Waals surface area contributed by atoms with E-state index in [1.807, 2.05) is 0 Å². The molecule has 1 unspecified atom stereocenters. The van der Waals surface area contributed by atoms with Gasteiger partial charge in [-0.15, -0.1) is 0 Å². The molecular formula is C17H25N. The third kappa shape index (κ3) is 2.04. The van der Waals surface area contributed by atoms with Crippen molar-refractivity contribution < 1.29 is 0 Å². The molecule has 1 atom stereocenters. The summed E-state index contributed by atoms with van der Waals surface area (Å²) in [7, 11) is 0. The van der Waals surface area contributed by atoms with E-state index in [-0.39, 0.29) is 0 Å². The van der Waals surface area contributed by atoms with E-state index in [4.69, 9.17) is 0 Å². The molecule has 1 aromatic carbocycles. The summed E-state index contributed by atoms with van der Waals surface area (Å²) in [5.41, 5.74) is 4.76. The molecule has 0 aromatic heterocycles. The summed E-state index contributed by atoms with van der Waals surface area (Å²) in [6.45, 7) is 4.39. The van der Waals surface area contributed by atoms with Crippen molar-refractivity contribution >= 4 is 5.69 Å². The van der Waals surface area contributed by atoms with Crippen LogP contribution in [0.3, 0.4) is 0 Å². The Labute approximate surface area is 111 Å². The molecule has 1 spiro atoms. The van der Waals surface area contributed by atoms with Crippen LogP contribution in [0.2, 0.25) is 0 Å². The van der Waals surface area contributed by atoms with E-state index in [2.05, 4.69) is 37.4 Å². The zero-order valence-corrected chi connectivity index (χ0v) is 11.8. The lowest BCUT2D eigenvalue weighted by Gasteiger charge is -2.53. The maximum Gasteiger partial charge on any atom is 0.0372 e. The first-order valence-corrected chi connectivity index (χ1v) is 7.53. The van der Waals surface area contributed by atoms with Gasteiger partial charge < -0.3 is 5.32 Å². The van der Waals surface area contributed by atoms with Crippen molar-refractivity contribution in [3.63, 3.8) is 0 Å². The summed E-state index contributed by atoms with van der Waals surface area (Å²) in [5, 5.41) is 3.83. The van der Waals surface area contributed by atoms with Gasteiger partial charge in [-0.05, 0) is 56.6 Å². The first kappa shape index (κ1) is 12.1. The van der Waals surface area contributed by atoms with E-state index in [0.29, 0.717) is 5.41 Å². The molecule has 0 amide bonds. The van der Waals surface area contributed by atoms with Crippen LogP contribution in [0.1, 0.15) is 56.1 Å². The number of benzene rings is 1. The minimum atomic E-state index is 0.648. The number of anilines is 1. The Morgan fingerprint density at radius 3 is 2.44 bits per heavy atom. The Kier molecular flexibility index (Phi) is 3.09. The largest absolute Gasteiger partial charge is 0.382 e. The number of aryl methyl sites for hydroxylation is 2. The van der Waals surface area contributed by atoms with Gasteiger partial charge in [-0.2, -0.15) is 0 Å². The van der Waals surface area contributed by atoms with Gasteiger partial charge in [-0.1, -0.05) is 37.0 Å². The molecule has 1 N–H and O–H groups in total. The van der Waals surface area contributed by atoms with E-state index < -0.39 is 0 Å². The van der Waals surface area contributed by atoms with Gasteiger partial charge in [0.2, 0.25) is 0 Å². The van der Waals surface area contributed by atoms with Crippen LogP contribution in [0.5, 0.6) is 0 Å².